The van der Waals surface area contributed by atoms with Crippen molar-refractivity contribution in [2.24, 2.45) is 4.99 Å². The molecule has 0 aromatic carbocycles. The molecule has 0 rings (SSSR count). The highest BCUT2D eigenvalue weighted by molar-refractivity contribution is 5.82. The van der Waals surface area contributed by atoms with Crippen LogP contribution in [0, 0.1) is 0 Å². The molecule has 0 fully saturated rings. The van der Waals surface area contributed by atoms with Gasteiger partial charge in [0.25, 0.3) is 5.91 Å². The molecule has 0 unspecified atom stereocenters. The summed E-state index contributed by atoms with van der Waals surface area (Å²) in [5.41, 5.74) is -0.381. The zero-order valence-electron chi connectivity index (χ0n) is 6.88. The maximum Gasteiger partial charge on any atom is 0.282 e. The maximum absolute atomic E-state index is 10.5. The minimum Gasteiger partial charge on any atom is -0.366 e. The molecule has 0 spiro atoms. The van der Waals surface area contributed by atoms with E-state index in [0.29, 0.717) is 0 Å². The summed E-state index contributed by atoms with van der Waals surface area (Å²) in [5, 5.41) is 0. The van der Waals surface area contributed by atoms with Gasteiger partial charge in [0, 0.05) is 0 Å². The molecule has 0 aromatic rings. The number of hydrogen-bond donors (Lipinski definition) is 0. The van der Waals surface area contributed by atoms with Crippen molar-refractivity contribution in [1.29, 1.82) is 0 Å². The average molecular weight is 157 g/mol. The third kappa shape index (κ3) is 6.90. The van der Waals surface area contributed by atoms with Crippen LogP contribution in [0.3, 0.4) is 0 Å². The van der Waals surface area contributed by atoms with Gasteiger partial charge >= 0.3 is 0 Å². The monoisotopic (exact) mass is 157 g/mol. The van der Waals surface area contributed by atoms with Gasteiger partial charge in [-0.3, -0.25) is 4.79 Å². The van der Waals surface area contributed by atoms with Crippen LogP contribution in [0.1, 0.15) is 20.8 Å². The Balaban J connectivity index is 3.72. The summed E-state index contributed by atoms with van der Waals surface area (Å²) in [6, 6.07) is 0. The number of hydrogen-bond acceptors (Lipinski definition) is 3. The molecule has 0 atom stereocenters. The van der Waals surface area contributed by atoms with Gasteiger partial charge in [-0.25, -0.2) is 4.79 Å². The largest absolute Gasteiger partial charge is 0.366 e. The lowest BCUT2D eigenvalue weighted by Crippen LogP contribution is -2.22. The smallest absolute Gasteiger partial charge is 0.282 e. The van der Waals surface area contributed by atoms with Crippen molar-refractivity contribution in [2.75, 3.05) is 6.61 Å². The van der Waals surface area contributed by atoms with Crippen molar-refractivity contribution in [3.8, 4) is 0 Å². The Labute approximate surface area is 65.3 Å². The van der Waals surface area contributed by atoms with Gasteiger partial charge in [0.05, 0.1) is 5.60 Å². The first kappa shape index (κ1) is 10.0. The van der Waals surface area contributed by atoms with Crippen molar-refractivity contribution >= 4 is 12.0 Å². The van der Waals surface area contributed by atoms with Gasteiger partial charge in [0.15, 0.2) is 0 Å². The minimum atomic E-state index is -0.602. The van der Waals surface area contributed by atoms with Gasteiger partial charge in [-0.05, 0) is 20.8 Å². The van der Waals surface area contributed by atoms with E-state index >= 15 is 0 Å². The second-order valence-electron chi connectivity index (χ2n) is 3.00. The van der Waals surface area contributed by atoms with Crippen LogP contribution >= 0.6 is 0 Å². The summed E-state index contributed by atoms with van der Waals surface area (Å²) in [4.78, 5) is 23.0. The van der Waals surface area contributed by atoms with Gasteiger partial charge in [-0.1, -0.05) is 0 Å². The predicted molar refractivity (Wildman–Crippen MR) is 38.8 cm³/mol. The summed E-state index contributed by atoms with van der Waals surface area (Å²) in [7, 11) is 0. The number of carbonyl (C=O) groups excluding carboxylic acids is 2. The van der Waals surface area contributed by atoms with Crippen LogP contribution < -0.4 is 0 Å². The number of nitrogens with zero attached hydrogens (tertiary/aromatic N) is 1. The summed E-state index contributed by atoms with van der Waals surface area (Å²) >= 11 is 0. The first-order valence-corrected chi connectivity index (χ1v) is 3.20. The molecule has 0 aliphatic heterocycles. The van der Waals surface area contributed by atoms with Crippen molar-refractivity contribution in [2.45, 2.75) is 26.4 Å². The molecule has 4 nitrogen and oxygen atoms in total. The highest BCUT2D eigenvalue weighted by atomic mass is 16.5. The second-order valence-corrected chi connectivity index (χ2v) is 3.00. The molecule has 0 aliphatic rings. The van der Waals surface area contributed by atoms with Crippen LogP contribution in [0.4, 0.5) is 0 Å². The average Bonchev–Trinajstić information content (AvgIpc) is 1.83. The molecule has 62 valence electrons. The number of isocyanates is 1. The Morgan fingerprint density at radius 3 is 2.45 bits per heavy atom. The lowest BCUT2D eigenvalue weighted by Gasteiger charge is -2.17. The van der Waals surface area contributed by atoms with Crippen LogP contribution in [0.15, 0.2) is 4.99 Å². The first-order chi connectivity index (χ1) is 4.95. The summed E-state index contributed by atoms with van der Waals surface area (Å²) in [6.07, 6.45) is 1.15. The molecule has 0 bridgehead atoms. The third-order valence-corrected chi connectivity index (χ3v) is 0.799. The minimum absolute atomic E-state index is 0.168. The number of carbonyl (C=O) groups is 1. The van der Waals surface area contributed by atoms with Gasteiger partial charge < -0.3 is 4.74 Å². The summed E-state index contributed by atoms with van der Waals surface area (Å²) < 4.78 is 5.02. The van der Waals surface area contributed by atoms with Crippen molar-refractivity contribution in [1.82, 2.24) is 0 Å². The predicted octanol–water partition coefficient (Wildman–Crippen LogP) is 0.664. The van der Waals surface area contributed by atoms with E-state index in [2.05, 4.69) is 4.99 Å². The van der Waals surface area contributed by atoms with Crippen LogP contribution in [0.25, 0.3) is 0 Å². The highest BCUT2D eigenvalue weighted by Gasteiger charge is 2.11. The van der Waals surface area contributed by atoms with E-state index in [0.717, 1.165) is 6.08 Å². The fraction of sp³-hybridized carbons (Fsp3) is 0.714. The molecular formula is C7H11NO3. The molecule has 0 heterocycles. The summed E-state index contributed by atoms with van der Waals surface area (Å²) in [6.45, 7) is 5.26. The Bertz CT molecular complexity index is 186. The topological polar surface area (TPSA) is 55.7 Å². The molecule has 4 heteroatoms. The third-order valence-electron chi connectivity index (χ3n) is 0.799. The fourth-order valence-corrected chi connectivity index (χ4v) is 0.361. The SMILES string of the molecule is CC(C)(C)OCC(=O)N=C=O. The molecule has 0 saturated carbocycles. The zero-order valence-corrected chi connectivity index (χ0v) is 6.88. The van der Waals surface area contributed by atoms with E-state index in [-0.39, 0.29) is 12.2 Å². The summed E-state index contributed by atoms with van der Waals surface area (Å²) in [5.74, 6) is -0.602. The lowest BCUT2D eigenvalue weighted by atomic mass is 10.2. The lowest BCUT2D eigenvalue weighted by molar-refractivity contribution is -0.127. The van der Waals surface area contributed by atoms with E-state index in [1.54, 1.807) is 0 Å². The Morgan fingerprint density at radius 1 is 1.55 bits per heavy atom. The van der Waals surface area contributed by atoms with Crippen LogP contribution in [-0.2, 0) is 14.3 Å². The van der Waals surface area contributed by atoms with Crippen LogP contribution in [0.5, 0.6) is 0 Å². The van der Waals surface area contributed by atoms with Crippen molar-refractivity contribution in [3.63, 3.8) is 0 Å². The Morgan fingerprint density at radius 2 is 2.09 bits per heavy atom. The molecule has 1 amide bonds. The van der Waals surface area contributed by atoms with Gasteiger partial charge in [-0.2, -0.15) is 0 Å². The van der Waals surface area contributed by atoms with E-state index in [1.807, 2.05) is 20.8 Å². The Kier molecular flexibility index (Phi) is 3.65. The van der Waals surface area contributed by atoms with E-state index in [1.165, 1.54) is 0 Å². The number of rotatable bonds is 2. The van der Waals surface area contributed by atoms with Gasteiger partial charge in [0.1, 0.15) is 6.61 Å². The highest BCUT2D eigenvalue weighted by Crippen LogP contribution is 2.05. The van der Waals surface area contributed by atoms with E-state index < -0.39 is 5.91 Å². The van der Waals surface area contributed by atoms with Crippen molar-refractivity contribution < 1.29 is 14.3 Å². The molecule has 0 aromatic heterocycles. The Hall–Kier alpha value is -0.990. The van der Waals surface area contributed by atoms with Crippen molar-refractivity contribution in [3.05, 3.63) is 0 Å². The molecule has 0 saturated heterocycles. The number of amides is 1. The molecule has 0 radical (unpaired) electrons. The first-order valence-electron chi connectivity index (χ1n) is 3.20. The second kappa shape index (κ2) is 4.01. The molecular weight excluding hydrogens is 146 g/mol. The standard InChI is InChI=1S/C7H11NO3/c1-7(2,3)11-4-6(10)8-5-9/h4H2,1-3H3. The molecule has 0 N–H and O–H groups in total. The number of aliphatic imine (C=N–C) groups is 1. The van der Waals surface area contributed by atoms with Crippen LogP contribution in [0.2, 0.25) is 0 Å². The normalized spacial score (nSPS) is 10.5. The van der Waals surface area contributed by atoms with E-state index in [4.69, 9.17) is 4.74 Å². The number of ether oxygens (including phenoxy) is 1. The van der Waals surface area contributed by atoms with Gasteiger partial charge in [0.2, 0.25) is 6.08 Å². The maximum atomic E-state index is 10.5. The zero-order chi connectivity index (χ0) is 8.91. The van der Waals surface area contributed by atoms with Crippen LogP contribution in [-0.4, -0.2) is 24.2 Å². The molecule has 11 heavy (non-hydrogen) atoms. The quantitative estimate of drug-likeness (QED) is 0.437. The fourth-order valence-electron chi connectivity index (χ4n) is 0.361. The molecule has 0 aliphatic carbocycles. The van der Waals surface area contributed by atoms with E-state index in [9.17, 15) is 9.59 Å². The van der Waals surface area contributed by atoms with Gasteiger partial charge in [-0.15, -0.1) is 4.99 Å².